The second-order valence-corrected chi connectivity index (χ2v) is 7.90. The van der Waals surface area contributed by atoms with Gasteiger partial charge < -0.3 is 9.73 Å². The van der Waals surface area contributed by atoms with E-state index in [0.717, 1.165) is 23.1 Å². The van der Waals surface area contributed by atoms with E-state index in [9.17, 15) is 4.79 Å². The van der Waals surface area contributed by atoms with Crippen LogP contribution in [0.15, 0.2) is 27.8 Å². The van der Waals surface area contributed by atoms with Crippen molar-refractivity contribution in [3.63, 3.8) is 0 Å². The number of nitrogens with zero attached hydrogens (tertiary/aromatic N) is 2. The summed E-state index contributed by atoms with van der Waals surface area (Å²) in [5.74, 6) is 1.39. The standard InChI is InChI=1S/C19H25N3O2S/c1-12-8-13(2)10-15(9-12)18-21-22-19(24-18)25-11-17(23)20-16-7-5-4-6-14(16)3/h8-10,14,16H,4-7,11H2,1-3H3,(H,20,23)/t14-,16-/m0/s1. The van der Waals surface area contributed by atoms with Crippen molar-refractivity contribution in [3.8, 4) is 11.5 Å². The Morgan fingerprint density at radius 2 is 1.92 bits per heavy atom. The number of hydrogen-bond donors (Lipinski definition) is 1. The van der Waals surface area contributed by atoms with Crippen LogP contribution >= 0.6 is 11.8 Å². The van der Waals surface area contributed by atoms with E-state index in [1.165, 1.54) is 31.0 Å². The van der Waals surface area contributed by atoms with Crippen LogP contribution in [0.25, 0.3) is 11.5 Å². The third-order valence-corrected chi connectivity index (χ3v) is 5.48. The van der Waals surface area contributed by atoms with Crippen molar-refractivity contribution < 1.29 is 9.21 Å². The van der Waals surface area contributed by atoms with Crippen molar-refractivity contribution in [1.82, 2.24) is 15.5 Å². The van der Waals surface area contributed by atoms with Crippen LogP contribution in [-0.2, 0) is 4.79 Å². The normalized spacial score (nSPS) is 20.4. The van der Waals surface area contributed by atoms with Crippen molar-refractivity contribution in [2.24, 2.45) is 5.92 Å². The fraction of sp³-hybridized carbons (Fsp3) is 0.526. The number of aryl methyl sites for hydroxylation is 2. The molecule has 0 radical (unpaired) electrons. The van der Waals surface area contributed by atoms with Crippen molar-refractivity contribution in [2.45, 2.75) is 57.7 Å². The Bertz CT molecular complexity index is 724. The summed E-state index contributed by atoms with van der Waals surface area (Å²) in [6, 6.07) is 6.44. The number of amides is 1. The minimum atomic E-state index is 0.0369. The number of hydrogen-bond acceptors (Lipinski definition) is 5. The molecule has 1 saturated carbocycles. The van der Waals surface area contributed by atoms with Crippen LogP contribution in [0, 0.1) is 19.8 Å². The van der Waals surface area contributed by atoms with Gasteiger partial charge >= 0.3 is 0 Å². The summed E-state index contributed by atoms with van der Waals surface area (Å²) in [4.78, 5) is 12.2. The number of carbonyl (C=O) groups excluding carboxylic acids is 1. The zero-order valence-electron chi connectivity index (χ0n) is 15.0. The van der Waals surface area contributed by atoms with Crippen LogP contribution in [0.3, 0.4) is 0 Å². The molecule has 1 heterocycles. The summed E-state index contributed by atoms with van der Waals surface area (Å²) in [6.45, 7) is 6.30. The fourth-order valence-corrected chi connectivity index (χ4v) is 3.96. The molecule has 6 heteroatoms. The third-order valence-electron chi connectivity index (χ3n) is 4.66. The second kappa shape index (κ2) is 8.04. The van der Waals surface area contributed by atoms with Crippen LogP contribution in [-0.4, -0.2) is 27.9 Å². The highest BCUT2D eigenvalue weighted by Crippen LogP contribution is 2.26. The molecular weight excluding hydrogens is 334 g/mol. The SMILES string of the molecule is Cc1cc(C)cc(-c2nnc(SCC(=O)N[C@H]3CCCC[C@@H]3C)o2)c1. The van der Waals surface area contributed by atoms with Gasteiger partial charge in [-0.05, 0) is 44.7 Å². The zero-order valence-corrected chi connectivity index (χ0v) is 15.9. The van der Waals surface area contributed by atoms with Crippen molar-refractivity contribution in [1.29, 1.82) is 0 Å². The summed E-state index contributed by atoms with van der Waals surface area (Å²) in [5.41, 5.74) is 3.23. The molecule has 25 heavy (non-hydrogen) atoms. The molecule has 1 fully saturated rings. The van der Waals surface area contributed by atoms with Gasteiger partial charge in [0.2, 0.25) is 11.8 Å². The molecule has 1 aliphatic carbocycles. The Labute approximate surface area is 153 Å². The summed E-state index contributed by atoms with van der Waals surface area (Å²) >= 11 is 1.29. The number of benzene rings is 1. The Kier molecular flexibility index (Phi) is 5.78. The van der Waals surface area contributed by atoms with Gasteiger partial charge in [-0.1, -0.05) is 48.7 Å². The van der Waals surface area contributed by atoms with E-state index in [-0.39, 0.29) is 5.91 Å². The van der Waals surface area contributed by atoms with E-state index >= 15 is 0 Å². The average molecular weight is 359 g/mol. The average Bonchev–Trinajstić information content (AvgIpc) is 3.03. The molecule has 2 atom stereocenters. The molecule has 134 valence electrons. The molecule has 0 bridgehead atoms. The number of aromatic nitrogens is 2. The molecule has 1 aromatic carbocycles. The van der Waals surface area contributed by atoms with Crippen LogP contribution < -0.4 is 5.32 Å². The molecular formula is C19H25N3O2S. The minimum Gasteiger partial charge on any atom is -0.411 e. The monoisotopic (exact) mass is 359 g/mol. The zero-order chi connectivity index (χ0) is 17.8. The molecule has 3 rings (SSSR count). The van der Waals surface area contributed by atoms with Gasteiger partial charge in [-0.25, -0.2) is 0 Å². The minimum absolute atomic E-state index is 0.0369. The lowest BCUT2D eigenvalue weighted by Crippen LogP contribution is -2.41. The first-order valence-electron chi connectivity index (χ1n) is 8.85. The first kappa shape index (κ1) is 18.0. The Balaban J connectivity index is 1.55. The van der Waals surface area contributed by atoms with Crippen LogP contribution in [0.1, 0.15) is 43.7 Å². The molecule has 5 nitrogen and oxygen atoms in total. The molecule has 1 amide bonds. The highest BCUT2D eigenvalue weighted by molar-refractivity contribution is 7.99. The molecule has 0 aliphatic heterocycles. The van der Waals surface area contributed by atoms with Crippen LogP contribution in [0.4, 0.5) is 0 Å². The molecule has 0 spiro atoms. The summed E-state index contributed by atoms with van der Waals surface area (Å²) in [7, 11) is 0. The second-order valence-electron chi connectivity index (χ2n) is 6.97. The lowest BCUT2D eigenvalue weighted by Gasteiger charge is -2.29. The lowest BCUT2D eigenvalue weighted by molar-refractivity contribution is -0.119. The van der Waals surface area contributed by atoms with Gasteiger partial charge in [-0.3, -0.25) is 4.79 Å². The van der Waals surface area contributed by atoms with Crippen molar-refractivity contribution in [2.75, 3.05) is 5.75 Å². The molecule has 1 aliphatic rings. The maximum absolute atomic E-state index is 12.2. The maximum Gasteiger partial charge on any atom is 0.277 e. The van der Waals surface area contributed by atoms with Crippen molar-refractivity contribution >= 4 is 17.7 Å². The fourth-order valence-electron chi connectivity index (χ4n) is 3.39. The van der Waals surface area contributed by atoms with E-state index in [2.05, 4.69) is 28.5 Å². The van der Waals surface area contributed by atoms with Gasteiger partial charge in [0, 0.05) is 11.6 Å². The highest BCUT2D eigenvalue weighted by Gasteiger charge is 2.23. The Hall–Kier alpha value is -1.82. The predicted octanol–water partition coefficient (Wildman–Crippen LogP) is 4.14. The first-order chi connectivity index (χ1) is 12.0. The lowest BCUT2D eigenvalue weighted by atomic mass is 9.86. The molecule has 2 aromatic rings. The summed E-state index contributed by atoms with van der Waals surface area (Å²) in [5, 5.41) is 11.7. The molecule has 0 unspecified atom stereocenters. The Morgan fingerprint density at radius 3 is 2.64 bits per heavy atom. The summed E-state index contributed by atoms with van der Waals surface area (Å²) < 4.78 is 5.70. The number of rotatable bonds is 5. The highest BCUT2D eigenvalue weighted by atomic mass is 32.2. The van der Waals surface area contributed by atoms with E-state index < -0.39 is 0 Å². The smallest absolute Gasteiger partial charge is 0.277 e. The largest absolute Gasteiger partial charge is 0.411 e. The van der Waals surface area contributed by atoms with E-state index in [4.69, 9.17) is 4.42 Å². The maximum atomic E-state index is 12.2. The third kappa shape index (κ3) is 4.84. The van der Waals surface area contributed by atoms with E-state index in [1.54, 1.807) is 0 Å². The number of carbonyl (C=O) groups is 1. The predicted molar refractivity (Wildman–Crippen MR) is 99.5 cm³/mol. The summed E-state index contributed by atoms with van der Waals surface area (Å²) in [6.07, 6.45) is 4.74. The van der Waals surface area contributed by atoms with Gasteiger partial charge in [0.05, 0.1) is 5.75 Å². The molecule has 0 saturated heterocycles. The molecule has 1 aromatic heterocycles. The van der Waals surface area contributed by atoms with E-state index in [1.807, 2.05) is 26.0 Å². The quantitative estimate of drug-likeness (QED) is 0.813. The Morgan fingerprint density at radius 1 is 1.20 bits per heavy atom. The van der Waals surface area contributed by atoms with Crippen LogP contribution in [0.5, 0.6) is 0 Å². The van der Waals surface area contributed by atoms with Gasteiger partial charge in [-0.15, -0.1) is 10.2 Å². The van der Waals surface area contributed by atoms with Gasteiger partial charge in [0.1, 0.15) is 0 Å². The molecule has 1 N–H and O–H groups in total. The van der Waals surface area contributed by atoms with Gasteiger partial charge in [0.25, 0.3) is 5.22 Å². The number of nitrogens with one attached hydrogen (secondary N) is 1. The topological polar surface area (TPSA) is 68.0 Å². The van der Waals surface area contributed by atoms with Gasteiger partial charge in [-0.2, -0.15) is 0 Å². The van der Waals surface area contributed by atoms with Crippen LogP contribution in [0.2, 0.25) is 0 Å². The van der Waals surface area contributed by atoms with Gasteiger partial charge in [0.15, 0.2) is 0 Å². The number of thioether (sulfide) groups is 1. The van der Waals surface area contributed by atoms with E-state index in [0.29, 0.717) is 28.8 Å². The van der Waals surface area contributed by atoms with Crippen molar-refractivity contribution in [3.05, 3.63) is 29.3 Å². The first-order valence-corrected chi connectivity index (χ1v) is 9.84.